The van der Waals surface area contributed by atoms with Crippen molar-refractivity contribution in [3.63, 3.8) is 0 Å². The number of hydrogen-bond donors (Lipinski definition) is 1. The van der Waals surface area contributed by atoms with Gasteiger partial charge in [0.2, 0.25) is 5.95 Å². The van der Waals surface area contributed by atoms with Crippen LogP contribution in [0.4, 0.5) is 5.95 Å². The number of nitrogens with one attached hydrogen (secondary N) is 1. The molecular formula is C24H25N5O3. The number of ketones is 1. The third kappa shape index (κ3) is 3.32. The van der Waals surface area contributed by atoms with Crippen LogP contribution < -0.4 is 14.8 Å². The number of hydrogen-bond acceptors (Lipinski definition) is 7. The lowest BCUT2D eigenvalue weighted by Gasteiger charge is -2.38. The number of carbonyl (C=O) groups is 1. The first-order valence-corrected chi connectivity index (χ1v) is 10.5. The molecule has 0 bridgehead atoms. The van der Waals surface area contributed by atoms with Gasteiger partial charge in [-0.3, -0.25) is 9.78 Å². The summed E-state index contributed by atoms with van der Waals surface area (Å²) in [6.45, 7) is 4.22. The van der Waals surface area contributed by atoms with E-state index < -0.39 is 6.04 Å². The zero-order chi connectivity index (χ0) is 22.5. The molecule has 1 N–H and O–H groups in total. The van der Waals surface area contributed by atoms with Crippen molar-refractivity contribution in [2.24, 2.45) is 5.41 Å². The van der Waals surface area contributed by atoms with Crippen LogP contribution in [0.1, 0.15) is 38.3 Å². The first-order valence-electron chi connectivity index (χ1n) is 10.5. The number of benzene rings is 1. The van der Waals surface area contributed by atoms with Crippen LogP contribution in [0, 0.1) is 5.41 Å². The molecule has 3 heterocycles. The van der Waals surface area contributed by atoms with Gasteiger partial charge in [0.1, 0.15) is 17.5 Å². The SMILES string of the molecule is COc1ccc(OC)c(C2C3=C(CC(C)(C)CC3=O)Nc3nc(-c4ccncc4)nn32)c1. The Balaban J connectivity index is 1.74. The Hall–Kier alpha value is -3.68. The highest BCUT2D eigenvalue weighted by atomic mass is 16.5. The van der Waals surface area contributed by atoms with E-state index in [-0.39, 0.29) is 11.2 Å². The summed E-state index contributed by atoms with van der Waals surface area (Å²) in [7, 11) is 3.24. The molecule has 32 heavy (non-hydrogen) atoms. The molecule has 164 valence electrons. The van der Waals surface area contributed by atoms with Crippen molar-refractivity contribution in [1.29, 1.82) is 0 Å². The highest BCUT2D eigenvalue weighted by Crippen LogP contribution is 2.47. The van der Waals surface area contributed by atoms with Gasteiger partial charge in [-0.05, 0) is 42.2 Å². The Bertz CT molecular complexity index is 1230. The van der Waals surface area contributed by atoms with Gasteiger partial charge in [0.25, 0.3) is 0 Å². The predicted molar refractivity (Wildman–Crippen MR) is 120 cm³/mol. The second-order valence-electron chi connectivity index (χ2n) is 8.91. The minimum absolute atomic E-state index is 0.102. The van der Waals surface area contributed by atoms with Gasteiger partial charge in [-0.25, -0.2) is 4.68 Å². The van der Waals surface area contributed by atoms with Crippen LogP contribution >= 0.6 is 0 Å². The van der Waals surface area contributed by atoms with E-state index in [2.05, 4.69) is 24.1 Å². The van der Waals surface area contributed by atoms with E-state index in [1.165, 1.54) is 0 Å². The van der Waals surface area contributed by atoms with E-state index in [1.807, 2.05) is 30.3 Å². The van der Waals surface area contributed by atoms with Crippen molar-refractivity contribution >= 4 is 11.7 Å². The smallest absolute Gasteiger partial charge is 0.226 e. The van der Waals surface area contributed by atoms with E-state index in [1.54, 1.807) is 31.3 Å². The molecule has 1 atom stereocenters. The topological polar surface area (TPSA) is 91.2 Å². The van der Waals surface area contributed by atoms with E-state index in [4.69, 9.17) is 19.6 Å². The Labute approximate surface area is 186 Å². The van der Waals surface area contributed by atoms with Gasteiger partial charge in [0.15, 0.2) is 11.6 Å². The molecule has 1 unspecified atom stereocenters. The lowest BCUT2D eigenvalue weighted by molar-refractivity contribution is -0.118. The highest BCUT2D eigenvalue weighted by Gasteiger charge is 2.42. The number of fused-ring (bicyclic) bond motifs is 1. The van der Waals surface area contributed by atoms with Crippen molar-refractivity contribution in [3.05, 3.63) is 59.6 Å². The maximum absolute atomic E-state index is 13.4. The maximum Gasteiger partial charge on any atom is 0.226 e. The van der Waals surface area contributed by atoms with E-state index in [9.17, 15) is 4.79 Å². The van der Waals surface area contributed by atoms with Gasteiger partial charge in [0.05, 0.1) is 14.2 Å². The first kappa shape index (κ1) is 20.2. The van der Waals surface area contributed by atoms with E-state index in [0.717, 1.165) is 23.2 Å². The predicted octanol–water partition coefficient (Wildman–Crippen LogP) is 4.02. The molecule has 0 fully saturated rings. The number of methoxy groups -OCH3 is 2. The Kier molecular flexibility index (Phi) is 4.73. The standard InChI is InChI=1S/C24H25N5O3/c1-24(2)12-17-20(18(30)13-24)21(16-11-15(31-3)5-6-19(16)32-4)29-23(26-17)27-22(28-29)14-7-9-25-10-8-14/h5-11,21H,12-13H2,1-4H3,(H,26,27,28). The number of nitrogens with zero attached hydrogens (tertiary/aromatic N) is 4. The van der Waals surface area contributed by atoms with Crippen molar-refractivity contribution in [2.45, 2.75) is 32.7 Å². The molecule has 0 spiro atoms. The average molecular weight is 431 g/mol. The largest absolute Gasteiger partial charge is 0.497 e. The van der Waals surface area contributed by atoms with Crippen molar-refractivity contribution in [2.75, 3.05) is 19.5 Å². The van der Waals surface area contributed by atoms with Gasteiger partial charge in [-0.2, -0.15) is 4.98 Å². The molecule has 5 rings (SSSR count). The summed E-state index contributed by atoms with van der Waals surface area (Å²) >= 11 is 0. The van der Waals surface area contributed by atoms with Crippen LogP contribution in [-0.2, 0) is 4.79 Å². The van der Waals surface area contributed by atoms with Crippen LogP contribution in [0.2, 0.25) is 0 Å². The second-order valence-corrected chi connectivity index (χ2v) is 8.91. The fourth-order valence-electron chi connectivity index (χ4n) is 4.57. The van der Waals surface area contributed by atoms with Crippen LogP contribution in [0.15, 0.2) is 54.0 Å². The average Bonchev–Trinajstić information content (AvgIpc) is 3.20. The number of allylic oxidation sites excluding steroid dienone is 2. The second kappa shape index (κ2) is 7.47. The van der Waals surface area contributed by atoms with Gasteiger partial charge < -0.3 is 14.8 Å². The number of rotatable bonds is 4. The third-order valence-corrected chi connectivity index (χ3v) is 6.00. The number of aromatic nitrogens is 4. The fourth-order valence-corrected chi connectivity index (χ4v) is 4.57. The van der Waals surface area contributed by atoms with Gasteiger partial charge in [0, 0.05) is 41.2 Å². The summed E-state index contributed by atoms with van der Waals surface area (Å²) in [5, 5.41) is 8.21. The van der Waals surface area contributed by atoms with E-state index >= 15 is 0 Å². The summed E-state index contributed by atoms with van der Waals surface area (Å²) in [4.78, 5) is 22.3. The summed E-state index contributed by atoms with van der Waals surface area (Å²) < 4.78 is 12.9. The van der Waals surface area contributed by atoms with Crippen LogP contribution in [-0.4, -0.2) is 39.8 Å². The molecule has 0 saturated carbocycles. The summed E-state index contributed by atoms with van der Waals surface area (Å²) in [5.74, 6) is 2.60. The monoisotopic (exact) mass is 431 g/mol. The molecule has 0 radical (unpaired) electrons. The van der Waals surface area contributed by atoms with Crippen LogP contribution in [0.5, 0.6) is 11.5 Å². The van der Waals surface area contributed by atoms with E-state index in [0.29, 0.717) is 35.3 Å². The van der Waals surface area contributed by atoms with Crippen molar-refractivity contribution in [1.82, 2.24) is 19.7 Å². The molecule has 1 aliphatic heterocycles. The molecule has 1 aliphatic carbocycles. The Morgan fingerprint density at radius 1 is 1.09 bits per heavy atom. The Morgan fingerprint density at radius 3 is 2.59 bits per heavy atom. The molecule has 3 aromatic rings. The molecule has 8 nitrogen and oxygen atoms in total. The number of ether oxygens (including phenoxy) is 2. The lowest BCUT2D eigenvalue weighted by atomic mass is 9.73. The highest BCUT2D eigenvalue weighted by molar-refractivity contribution is 6.00. The molecule has 0 amide bonds. The molecular weight excluding hydrogens is 406 g/mol. The van der Waals surface area contributed by atoms with Gasteiger partial charge in [-0.1, -0.05) is 13.8 Å². The number of Topliss-reactive ketones (excluding diaryl/α,β-unsaturated/α-hetero) is 1. The van der Waals surface area contributed by atoms with Gasteiger partial charge in [-0.15, -0.1) is 5.10 Å². The summed E-state index contributed by atoms with van der Waals surface area (Å²) in [6, 6.07) is 8.86. The summed E-state index contributed by atoms with van der Waals surface area (Å²) in [6.07, 6.45) is 4.63. The summed E-state index contributed by atoms with van der Waals surface area (Å²) in [5.41, 5.74) is 3.12. The van der Waals surface area contributed by atoms with Crippen LogP contribution in [0.3, 0.4) is 0 Å². The first-order chi connectivity index (χ1) is 15.4. The minimum atomic E-state index is -0.474. The zero-order valence-corrected chi connectivity index (χ0v) is 18.5. The lowest BCUT2D eigenvalue weighted by Crippen LogP contribution is -2.36. The number of carbonyl (C=O) groups excluding carboxylic acids is 1. The normalized spacial score (nSPS) is 19.1. The Morgan fingerprint density at radius 2 is 1.88 bits per heavy atom. The molecule has 2 aromatic heterocycles. The van der Waals surface area contributed by atoms with Crippen molar-refractivity contribution in [3.8, 4) is 22.9 Å². The molecule has 0 saturated heterocycles. The maximum atomic E-state index is 13.4. The third-order valence-electron chi connectivity index (χ3n) is 6.00. The molecule has 8 heteroatoms. The van der Waals surface area contributed by atoms with Crippen molar-refractivity contribution < 1.29 is 14.3 Å². The quantitative estimate of drug-likeness (QED) is 0.667. The minimum Gasteiger partial charge on any atom is -0.497 e. The fraction of sp³-hybridized carbons (Fsp3) is 0.333. The molecule has 1 aromatic carbocycles. The van der Waals surface area contributed by atoms with Crippen LogP contribution in [0.25, 0.3) is 11.4 Å². The zero-order valence-electron chi connectivity index (χ0n) is 18.5. The van der Waals surface area contributed by atoms with Gasteiger partial charge >= 0.3 is 0 Å². The molecule has 2 aliphatic rings. The number of anilines is 1. The number of pyridine rings is 1.